The van der Waals surface area contributed by atoms with Crippen molar-refractivity contribution in [2.75, 3.05) is 6.54 Å². The molecule has 2 fully saturated rings. The van der Waals surface area contributed by atoms with Gasteiger partial charge in [0.25, 0.3) is 0 Å². The van der Waals surface area contributed by atoms with E-state index in [1.165, 1.54) is 11.1 Å². The summed E-state index contributed by atoms with van der Waals surface area (Å²) in [5.74, 6) is -0.805. The number of aliphatic hydroxyl groups excluding tert-OH is 1. The third kappa shape index (κ3) is 5.03. The summed E-state index contributed by atoms with van der Waals surface area (Å²) in [6.45, 7) is 2.66. The summed E-state index contributed by atoms with van der Waals surface area (Å²) in [6.07, 6.45) is 9.50. The number of amides is 1. The number of hydrogen-bond donors (Lipinski definition) is 2. The van der Waals surface area contributed by atoms with Gasteiger partial charge in [-0.2, -0.15) is 0 Å². The Kier molecular flexibility index (Phi) is 6.99. The normalized spacial score (nSPS) is 21.1. The number of rotatable bonds is 8. The SMILES string of the molecule is Cc1ccc(C2(C(O)C=C[C@H]3CCC(=O)N3CCc3ccc(C(=O)O)cc3)CCCC2)cc1. The number of carboxylic acid groups (broad SMARTS) is 1. The maximum atomic E-state index is 12.5. The standard InChI is InChI=1S/C28H33NO4/c1-20-4-10-23(11-5-20)28(17-2-3-18-28)25(30)14-12-24-13-15-26(31)29(24)19-16-21-6-8-22(9-7-21)27(32)33/h4-12,14,24-25,30H,2-3,13,15-19H2,1H3,(H,32,33)/t24-,25?/m0/s1. The molecule has 2 aliphatic rings. The van der Waals surface area contributed by atoms with E-state index in [2.05, 4.69) is 31.2 Å². The summed E-state index contributed by atoms with van der Waals surface area (Å²) in [7, 11) is 0. The van der Waals surface area contributed by atoms with E-state index < -0.39 is 12.1 Å². The van der Waals surface area contributed by atoms with Crippen molar-refractivity contribution in [1.82, 2.24) is 4.90 Å². The minimum absolute atomic E-state index is 0.0121. The number of carboxylic acids is 1. The number of benzene rings is 2. The van der Waals surface area contributed by atoms with E-state index >= 15 is 0 Å². The van der Waals surface area contributed by atoms with Crippen LogP contribution in [0.1, 0.15) is 65.6 Å². The molecule has 33 heavy (non-hydrogen) atoms. The molecule has 174 valence electrons. The van der Waals surface area contributed by atoms with Gasteiger partial charge >= 0.3 is 5.97 Å². The number of carbonyl (C=O) groups excluding carboxylic acids is 1. The Labute approximate surface area is 195 Å². The molecule has 0 spiro atoms. The third-order valence-electron chi connectivity index (χ3n) is 7.42. The molecule has 1 unspecified atom stereocenters. The highest BCUT2D eigenvalue weighted by atomic mass is 16.4. The van der Waals surface area contributed by atoms with Crippen molar-refractivity contribution in [3.05, 3.63) is 82.9 Å². The Hall–Kier alpha value is -2.92. The monoisotopic (exact) mass is 447 g/mol. The molecule has 1 aliphatic carbocycles. The largest absolute Gasteiger partial charge is 0.478 e. The summed E-state index contributed by atoms with van der Waals surface area (Å²) < 4.78 is 0. The fourth-order valence-electron chi connectivity index (χ4n) is 5.37. The average molecular weight is 448 g/mol. The van der Waals surface area contributed by atoms with Crippen LogP contribution in [0, 0.1) is 6.92 Å². The van der Waals surface area contributed by atoms with Crippen molar-refractivity contribution >= 4 is 11.9 Å². The highest BCUT2D eigenvalue weighted by Crippen LogP contribution is 2.44. The number of carbonyl (C=O) groups is 2. The van der Waals surface area contributed by atoms with E-state index in [0.717, 1.165) is 37.7 Å². The summed E-state index contributed by atoms with van der Waals surface area (Å²) in [4.78, 5) is 25.4. The first kappa shape index (κ1) is 23.2. The van der Waals surface area contributed by atoms with Crippen LogP contribution in [0.5, 0.6) is 0 Å². The number of likely N-dealkylation sites (tertiary alicyclic amines) is 1. The van der Waals surface area contributed by atoms with Crippen molar-refractivity contribution in [2.45, 2.75) is 69.4 Å². The Bertz CT molecular complexity index is 1000. The molecule has 1 saturated carbocycles. The van der Waals surface area contributed by atoms with E-state index in [0.29, 0.717) is 19.4 Å². The van der Waals surface area contributed by atoms with Gasteiger partial charge in [0.1, 0.15) is 0 Å². The zero-order chi connectivity index (χ0) is 23.4. The van der Waals surface area contributed by atoms with E-state index in [9.17, 15) is 14.7 Å². The number of aromatic carboxylic acids is 1. The molecular weight excluding hydrogens is 414 g/mol. The van der Waals surface area contributed by atoms with Crippen molar-refractivity contribution in [1.29, 1.82) is 0 Å². The zero-order valence-corrected chi connectivity index (χ0v) is 19.2. The van der Waals surface area contributed by atoms with Crippen LogP contribution >= 0.6 is 0 Å². The van der Waals surface area contributed by atoms with Gasteiger partial charge in [0, 0.05) is 18.4 Å². The fourth-order valence-corrected chi connectivity index (χ4v) is 5.37. The van der Waals surface area contributed by atoms with E-state index in [1.54, 1.807) is 12.1 Å². The van der Waals surface area contributed by atoms with Crippen LogP contribution in [-0.2, 0) is 16.6 Å². The minimum atomic E-state index is -0.939. The lowest BCUT2D eigenvalue weighted by atomic mass is 9.73. The van der Waals surface area contributed by atoms with Gasteiger partial charge < -0.3 is 15.1 Å². The Morgan fingerprint density at radius 2 is 1.79 bits per heavy atom. The van der Waals surface area contributed by atoms with Crippen LogP contribution in [0.3, 0.4) is 0 Å². The lowest BCUT2D eigenvalue weighted by Crippen LogP contribution is -2.37. The first-order chi connectivity index (χ1) is 15.9. The van der Waals surface area contributed by atoms with Gasteiger partial charge in [0.15, 0.2) is 0 Å². The van der Waals surface area contributed by atoms with Crippen molar-refractivity contribution < 1.29 is 19.8 Å². The molecule has 1 aliphatic heterocycles. The van der Waals surface area contributed by atoms with E-state index in [-0.39, 0.29) is 22.9 Å². The number of aryl methyl sites for hydroxylation is 1. The van der Waals surface area contributed by atoms with Gasteiger partial charge in [-0.3, -0.25) is 4.79 Å². The Morgan fingerprint density at radius 1 is 1.12 bits per heavy atom. The molecule has 0 bridgehead atoms. The van der Waals surface area contributed by atoms with Crippen molar-refractivity contribution in [2.24, 2.45) is 0 Å². The fraction of sp³-hybridized carbons (Fsp3) is 0.429. The summed E-state index contributed by atoms with van der Waals surface area (Å²) in [6, 6.07) is 15.3. The minimum Gasteiger partial charge on any atom is -0.478 e. The van der Waals surface area contributed by atoms with Crippen LogP contribution in [0.15, 0.2) is 60.7 Å². The van der Waals surface area contributed by atoms with Crippen molar-refractivity contribution in [3.63, 3.8) is 0 Å². The highest BCUT2D eigenvalue weighted by Gasteiger charge is 2.41. The molecule has 0 radical (unpaired) electrons. The predicted molar refractivity (Wildman–Crippen MR) is 128 cm³/mol. The van der Waals surface area contributed by atoms with Crippen LogP contribution in [0.2, 0.25) is 0 Å². The molecule has 2 N–H and O–H groups in total. The van der Waals surface area contributed by atoms with Crippen LogP contribution in [-0.4, -0.2) is 45.7 Å². The summed E-state index contributed by atoms with van der Waals surface area (Å²) in [5.41, 5.74) is 3.44. The topological polar surface area (TPSA) is 77.8 Å². The summed E-state index contributed by atoms with van der Waals surface area (Å²) in [5, 5.41) is 20.3. The third-order valence-corrected chi connectivity index (χ3v) is 7.42. The lowest BCUT2D eigenvalue weighted by molar-refractivity contribution is -0.128. The number of aliphatic hydroxyl groups is 1. The second kappa shape index (κ2) is 9.92. The van der Waals surface area contributed by atoms with Gasteiger partial charge in [-0.1, -0.05) is 67.0 Å². The molecule has 2 aromatic rings. The van der Waals surface area contributed by atoms with Gasteiger partial charge in [-0.05, 0) is 55.9 Å². The van der Waals surface area contributed by atoms with Crippen LogP contribution < -0.4 is 0 Å². The molecule has 0 aromatic heterocycles. The molecule has 1 saturated heterocycles. The lowest BCUT2D eigenvalue weighted by Gasteiger charge is -2.34. The van der Waals surface area contributed by atoms with Gasteiger partial charge in [0.05, 0.1) is 17.7 Å². The second-order valence-corrected chi connectivity index (χ2v) is 9.50. The highest BCUT2D eigenvalue weighted by molar-refractivity contribution is 5.87. The first-order valence-electron chi connectivity index (χ1n) is 11.9. The van der Waals surface area contributed by atoms with Crippen LogP contribution in [0.4, 0.5) is 0 Å². The molecular formula is C28H33NO4. The van der Waals surface area contributed by atoms with Gasteiger partial charge in [-0.25, -0.2) is 4.79 Å². The van der Waals surface area contributed by atoms with Crippen molar-refractivity contribution in [3.8, 4) is 0 Å². The second-order valence-electron chi connectivity index (χ2n) is 9.50. The summed E-state index contributed by atoms with van der Waals surface area (Å²) >= 11 is 0. The smallest absolute Gasteiger partial charge is 0.335 e. The predicted octanol–water partition coefficient (Wildman–Crippen LogP) is 4.66. The average Bonchev–Trinajstić information content (AvgIpc) is 3.44. The Balaban J connectivity index is 1.43. The molecule has 5 nitrogen and oxygen atoms in total. The first-order valence-corrected chi connectivity index (χ1v) is 11.9. The maximum Gasteiger partial charge on any atom is 0.335 e. The van der Waals surface area contributed by atoms with Gasteiger partial charge in [-0.15, -0.1) is 0 Å². The molecule has 2 aromatic carbocycles. The maximum absolute atomic E-state index is 12.5. The zero-order valence-electron chi connectivity index (χ0n) is 19.2. The van der Waals surface area contributed by atoms with Gasteiger partial charge in [0.2, 0.25) is 5.91 Å². The van der Waals surface area contributed by atoms with Crippen LogP contribution in [0.25, 0.3) is 0 Å². The number of hydrogen-bond acceptors (Lipinski definition) is 3. The quantitative estimate of drug-likeness (QED) is 0.577. The molecule has 2 atom stereocenters. The van der Waals surface area contributed by atoms with E-state index in [4.69, 9.17) is 5.11 Å². The molecule has 4 rings (SSSR count). The molecule has 5 heteroatoms. The number of nitrogens with zero attached hydrogens (tertiary/aromatic N) is 1. The molecule has 1 amide bonds. The van der Waals surface area contributed by atoms with E-state index in [1.807, 2.05) is 29.2 Å². The molecule has 1 heterocycles. The Morgan fingerprint density at radius 3 is 2.42 bits per heavy atom.